The van der Waals surface area contributed by atoms with Gasteiger partial charge in [-0.1, -0.05) is 13.0 Å². The standard InChI is InChI=1S/C15H26N4O2/c1-3-4-17-14(20)11-18-5-7-19(8-6-18)15(21)12(2)13-9-16-10-13/h3,12-13,16H,1,4-11H2,2H3,(H,17,20). The highest BCUT2D eigenvalue weighted by Gasteiger charge is 2.32. The number of carbonyl (C=O) groups is 2. The van der Waals surface area contributed by atoms with Gasteiger partial charge in [-0.25, -0.2) is 0 Å². The van der Waals surface area contributed by atoms with E-state index in [1.807, 2.05) is 11.8 Å². The molecule has 6 nitrogen and oxygen atoms in total. The molecule has 0 aromatic heterocycles. The maximum Gasteiger partial charge on any atom is 0.234 e. The number of nitrogens with one attached hydrogen (secondary N) is 2. The van der Waals surface area contributed by atoms with Gasteiger partial charge in [0, 0.05) is 38.6 Å². The molecular formula is C15H26N4O2. The second kappa shape index (κ2) is 7.56. The third-order valence-corrected chi connectivity index (χ3v) is 4.40. The van der Waals surface area contributed by atoms with E-state index in [4.69, 9.17) is 0 Å². The zero-order valence-electron chi connectivity index (χ0n) is 12.8. The summed E-state index contributed by atoms with van der Waals surface area (Å²) in [7, 11) is 0. The molecular weight excluding hydrogens is 268 g/mol. The van der Waals surface area contributed by atoms with Crippen LogP contribution in [0.15, 0.2) is 12.7 Å². The van der Waals surface area contributed by atoms with E-state index in [1.165, 1.54) is 0 Å². The van der Waals surface area contributed by atoms with E-state index >= 15 is 0 Å². The van der Waals surface area contributed by atoms with E-state index in [9.17, 15) is 9.59 Å². The monoisotopic (exact) mass is 294 g/mol. The highest BCUT2D eigenvalue weighted by Crippen LogP contribution is 2.19. The Kier molecular flexibility index (Phi) is 5.76. The van der Waals surface area contributed by atoms with Crippen LogP contribution in [0.3, 0.4) is 0 Å². The maximum atomic E-state index is 12.4. The Balaban J connectivity index is 1.71. The lowest BCUT2D eigenvalue weighted by molar-refractivity contribution is -0.139. The Morgan fingerprint density at radius 3 is 2.52 bits per heavy atom. The summed E-state index contributed by atoms with van der Waals surface area (Å²) in [5.74, 6) is 0.870. The third-order valence-electron chi connectivity index (χ3n) is 4.40. The van der Waals surface area contributed by atoms with Gasteiger partial charge in [0.1, 0.15) is 0 Å². The average Bonchev–Trinajstić information content (AvgIpc) is 2.43. The minimum absolute atomic E-state index is 0.0172. The summed E-state index contributed by atoms with van der Waals surface area (Å²) in [5.41, 5.74) is 0. The molecule has 2 heterocycles. The van der Waals surface area contributed by atoms with Gasteiger partial charge in [0.2, 0.25) is 11.8 Å². The molecule has 0 aromatic carbocycles. The van der Waals surface area contributed by atoms with Crippen LogP contribution in [0.4, 0.5) is 0 Å². The van der Waals surface area contributed by atoms with E-state index < -0.39 is 0 Å². The summed E-state index contributed by atoms with van der Waals surface area (Å²) in [5, 5.41) is 5.99. The van der Waals surface area contributed by atoms with Gasteiger partial charge in [0.05, 0.1) is 6.54 Å². The smallest absolute Gasteiger partial charge is 0.234 e. The summed E-state index contributed by atoms with van der Waals surface area (Å²) in [6.45, 7) is 11.4. The maximum absolute atomic E-state index is 12.4. The molecule has 2 N–H and O–H groups in total. The van der Waals surface area contributed by atoms with Crippen LogP contribution < -0.4 is 10.6 Å². The molecule has 21 heavy (non-hydrogen) atoms. The van der Waals surface area contributed by atoms with E-state index in [1.54, 1.807) is 6.08 Å². The fourth-order valence-electron chi connectivity index (χ4n) is 2.73. The van der Waals surface area contributed by atoms with Crippen molar-refractivity contribution in [3.05, 3.63) is 12.7 Å². The molecule has 2 amide bonds. The van der Waals surface area contributed by atoms with Crippen molar-refractivity contribution < 1.29 is 9.59 Å². The number of carbonyl (C=O) groups excluding carboxylic acids is 2. The van der Waals surface area contributed by atoms with Crippen molar-refractivity contribution in [2.45, 2.75) is 6.92 Å². The molecule has 6 heteroatoms. The molecule has 0 bridgehead atoms. The summed E-state index contributed by atoms with van der Waals surface area (Å²) in [6, 6.07) is 0. The number of piperazine rings is 1. The summed E-state index contributed by atoms with van der Waals surface area (Å²) in [4.78, 5) is 28.1. The van der Waals surface area contributed by atoms with Crippen molar-refractivity contribution >= 4 is 11.8 Å². The van der Waals surface area contributed by atoms with Gasteiger partial charge < -0.3 is 15.5 Å². The zero-order chi connectivity index (χ0) is 15.2. The van der Waals surface area contributed by atoms with Crippen molar-refractivity contribution in [1.29, 1.82) is 0 Å². The fourth-order valence-corrected chi connectivity index (χ4v) is 2.73. The fraction of sp³-hybridized carbons (Fsp3) is 0.733. The van der Waals surface area contributed by atoms with Crippen LogP contribution in [0.5, 0.6) is 0 Å². The molecule has 2 aliphatic heterocycles. The van der Waals surface area contributed by atoms with Crippen molar-refractivity contribution in [3.63, 3.8) is 0 Å². The van der Waals surface area contributed by atoms with E-state index in [0.717, 1.165) is 39.3 Å². The first-order chi connectivity index (χ1) is 10.1. The lowest BCUT2D eigenvalue weighted by atomic mass is 9.88. The molecule has 0 aliphatic carbocycles. The van der Waals surface area contributed by atoms with Crippen molar-refractivity contribution in [1.82, 2.24) is 20.4 Å². The quantitative estimate of drug-likeness (QED) is 0.635. The summed E-state index contributed by atoms with van der Waals surface area (Å²) in [6.07, 6.45) is 1.67. The molecule has 0 radical (unpaired) electrons. The lowest BCUT2D eigenvalue weighted by Gasteiger charge is -2.39. The predicted octanol–water partition coefficient (Wildman–Crippen LogP) is -0.712. The van der Waals surface area contributed by atoms with Crippen LogP contribution in [0.25, 0.3) is 0 Å². The van der Waals surface area contributed by atoms with Gasteiger partial charge in [-0.2, -0.15) is 0 Å². The molecule has 2 saturated heterocycles. The van der Waals surface area contributed by atoms with Gasteiger partial charge in [0.15, 0.2) is 0 Å². The van der Waals surface area contributed by atoms with Gasteiger partial charge >= 0.3 is 0 Å². The van der Waals surface area contributed by atoms with E-state index in [2.05, 4.69) is 22.1 Å². The number of rotatable bonds is 6. The van der Waals surface area contributed by atoms with Crippen molar-refractivity contribution in [2.24, 2.45) is 11.8 Å². The Hall–Kier alpha value is -1.40. The van der Waals surface area contributed by atoms with Gasteiger partial charge in [0.25, 0.3) is 0 Å². The first-order valence-electron chi connectivity index (χ1n) is 7.71. The molecule has 2 aliphatic rings. The van der Waals surface area contributed by atoms with Crippen LogP contribution in [-0.2, 0) is 9.59 Å². The van der Waals surface area contributed by atoms with E-state index in [-0.39, 0.29) is 17.7 Å². The molecule has 1 unspecified atom stereocenters. The molecule has 118 valence electrons. The third kappa shape index (κ3) is 4.28. The molecule has 2 rings (SSSR count). The topological polar surface area (TPSA) is 64.7 Å². The van der Waals surface area contributed by atoms with Gasteiger partial charge in [-0.15, -0.1) is 6.58 Å². The van der Waals surface area contributed by atoms with E-state index in [0.29, 0.717) is 19.0 Å². The zero-order valence-corrected chi connectivity index (χ0v) is 12.8. The second-order valence-electron chi connectivity index (χ2n) is 5.90. The van der Waals surface area contributed by atoms with Crippen LogP contribution in [0.1, 0.15) is 6.92 Å². The van der Waals surface area contributed by atoms with Crippen LogP contribution >= 0.6 is 0 Å². The normalized spacial score (nSPS) is 21.5. The first kappa shape index (κ1) is 16.0. The minimum atomic E-state index is 0.0172. The number of amides is 2. The first-order valence-corrected chi connectivity index (χ1v) is 7.71. The molecule has 1 atom stereocenters. The van der Waals surface area contributed by atoms with Crippen LogP contribution in [0, 0.1) is 11.8 Å². The Labute approximate surface area is 126 Å². The van der Waals surface area contributed by atoms with Crippen LogP contribution in [0.2, 0.25) is 0 Å². The van der Waals surface area contributed by atoms with Crippen molar-refractivity contribution in [2.75, 3.05) is 52.4 Å². The largest absolute Gasteiger partial charge is 0.352 e. The van der Waals surface area contributed by atoms with Crippen LogP contribution in [-0.4, -0.2) is 74.0 Å². The summed E-state index contributed by atoms with van der Waals surface area (Å²) >= 11 is 0. The predicted molar refractivity (Wildman–Crippen MR) is 81.8 cm³/mol. The molecule has 2 fully saturated rings. The van der Waals surface area contributed by atoms with Gasteiger partial charge in [-0.3, -0.25) is 14.5 Å². The Morgan fingerprint density at radius 2 is 2.00 bits per heavy atom. The summed E-state index contributed by atoms with van der Waals surface area (Å²) < 4.78 is 0. The number of hydrogen-bond donors (Lipinski definition) is 2. The second-order valence-corrected chi connectivity index (χ2v) is 5.90. The SMILES string of the molecule is C=CCNC(=O)CN1CCN(C(=O)C(C)C2CNC2)CC1. The number of nitrogens with zero attached hydrogens (tertiary/aromatic N) is 2. The lowest BCUT2D eigenvalue weighted by Crippen LogP contribution is -2.55. The molecule has 0 aromatic rings. The van der Waals surface area contributed by atoms with Gasteiger partial charge in [-0.05, 0) is 19.0 Å². The molecule has 0 saturated carbocycles. The molecule has 0 spiro atoms. The Bertz CT molecular complexity index is 387. The highest BCUT2D eigenvalue weighted by atomic mass is 16.2. The Morgan fingerprint density at radius 1 is 1.33 bits per heavy atom. The minimum Gasteiger partial charge on any atom is -0.352 e. The average molecular weight is 294 g/mol. The highest BCUT2D eigenvalue weighted by molar-refractivity contribution is 5.79. The van der Waals surface area contributed by atoms with Crippen molar-refractivity contribution in [3.8, 4) is 0 Å². The number of hydrogen-bond acceptors (Lipinski definition) is 4.